The molecule has 2 aliphatic heterocycles. The average Bonchev–Trinajstić information content (AvgIpc) is 3.07. The summed E-state index contributed by atoms with van der Waals surface area (Å²) in [5.74, 6) is -0.785. The van der Waals surface area contributed by atoms with Crippen LogP contribution in [0.4, 0.5) is 13.2 Å². The molecule has 0 spiro atoms. The van der Waals surface area contributed by atoms with Gasteiger partial charge in [-0.25, -0.2) is 22.8 Å². The van der Waals surface area contributed by atoms with Crippen LogP contribution in [0, 0.1) is 0 Å². The standard InChI is InChI=1S/C16H15F3N4O/c17-10-8-12(9-4-2-1-3-5-9)23-15(10)20-14(21-23)16(24)22-7-6-11(22)13(18)19/h1-5,10-13H,6-8H2/t10-,11+,12-/m0/s1. The Balaban J connectivity index is 1.63. The molecule has 1 aromatic carbocycles. The molecule has 24 heavy (non-hydrogen) atoms. The number of benzene rings is 1. The Hall–Kier alpha value is -2.38. The second-order valence-electron chi connectivity index (χ2n) is 6.06. The Morgan fingerprint density at radius 2 is 2.00 bits per heavy atom. The topological polar surface area (TPSA) is 51.0 Å². The molecule has 1 saturated heterocycles. The van der Waals surface area contributed by atoms with Gasteiger partial charge in [-0.15, -0.1) is 5.10 Å². The van der Waals surface area contributed by atoms with Crippen LogP contribution in [0.15, 0.2) is 30.3 Å². The van der Waals surface area contributed by atoms with E-state index in [4.69, 9.17) is 0 Å². The molecule has 0 unspecified atom stereocenters. The van der Waals surface area contributed by atoms with Gasteiger partial charge in [-0.1, -0.05) is 30.3 Å². The summed E-state index contributed by atoms with van der Waals surface area (Å²) in [6.45, 7) is 0.249. The Bertz CT molecular complexity index is 764. The number of rotatable bonds is 3. The van der Waals surface area contributed by atoms with Gasteiger partial charge < -0.3 is 4.90 Å². The Morgan fingerprint density at radius 1 is 1.25 bits per heavy atom. The van der Waals surface area contributed by atoms with E-state index in [1.54, 1.807) is 0 Å². The van der Waals surface area contributed by atoms with Crippen molar-refractivity contribution in [2.45, 2.75) is 37.5 Å². The minimum atomic E-state index is -2.59. The summed E-state index contributed by atoms with van der Waals surface area (Å²) < 4.78 is 41.3. The van der Waals surface area contributed by atoms with Gasteiger partial charge in [0, 0.05) is 13.0 Å². The van der Waals surface area contributed by atoms with Gasteiger partial charge in [0.2, 0.25) is 5.82 Å². The van der Waals surface area contributed by atoms with E-state index in [0.29, 0.717) is 0 Å². The quantitative estimate of drug-likeness (QED) is 0.866. The van der Waals surface area contributed by atoms with Gasteiger partial charge in [0.05, 0.1) is 12.1 Å². The number of fused-ring (bicyclic) bond motifs is 1. The molecule has 0 aliphatic carbocycles. The number of halogens is 3. The van der Waals surface area contributed by atoms with E-state index in [2.05, 4.69) is 10.1 Å². The molecule has 3 heterocycles. The zero-order valence-corrected chi connectivity index (χ0v) is 12.6. The van der Waals surface area contributed by atoms with Gasteiger partial charge in [0.25, 0.3) is 12.3 Å². The average molecular weight is 336 g/mol. The third-order valence-corrected chi connectivity index (χ3v) is 4.66. The number of carbonyl (C=O) groups is 1. The van der Waals surface area contributed by atoms with E-state index in [-0.39, 0.29) is 37.1 Å². The fourth-order valence-electron chi connectivity index (χ4n) is 3.27. The summed E-state index contributed by atoms with van der Waals surface area (Å²) in [6, 6.07) is 7.83. The summed E-state index contributed by atoms with van der Waals surface area (Å²) in [6.07, 6.45) is -3.46. The van der Waals surface area contributed by atoms with Gasteiger partial charge >= 0.3 is 0 Å². The van der Waals surface area contributed by atoms with Crippen molar-refractivity contribution in [2.24, 2.45) is 0 Å². The van der Waals surface area contributed by atoms with Gasteiger partial charge in [-0.2, -0.15) is 0 Å². The number of likely N-dealkylation sites (tertiary alicyclic amines) is 1. The molecular formula is C16H15F3N4O. The maximum absolute atomic E-state index is 14.3. The summed E-state index contributed by atoms with van der Waals surface area (Å²) in [5, 5.41) is 4.13. The molecule has 5 nitrogen and oxygen atoms in total. The number of carbonyl (C=O) groups excluding carboxylic acids is 1. The molecule has 0 bridgehead atoms. The highest BCUT2D eigenvalue weighted by Gasteiger charge is 2.42. The molecule has 0 radical (unpaired) electrons. The lowest BCUT2D eigenvalue weighted by Gasteiger charge is -2.39. The van der Waals surface area contributed by atoms with Crippen LogP contribution in [0.5, 0.6) is 0 Å². The van der Waals surface area contributed by atoms with E-state index in [9.17, 15) is 18.0 Å². The predicted molar refractivity (Wildman–Crippen MR) is 78.5 cm³/mol. The Labute approximate surface area is 136 Å². The molecule has 8 heteroatoms. The van der Waals surface area contributed by atoms with Crippen molar-refractivity contribution >= 4 is 5.91 Å². The highest BCUT2D eigenvalue weighted by atomic mass is 19.3. The number of alkyl halides is 3. The van der Waals surface area contributed by atoms with Crippen LogP contribution in [0.25, 0.3) is 0 Å². The first kappa shape index (κ1) is 15.2. The third-order valence-electron chi connectivity index (χ3n) is 4.66. The van der Waals surface area contributed by atoms with E-state index < -0.39 is 24.5 Å². The van der Waals surface area contributed by atoms with Crippen molar-refractivity contribution in [1.82, 2.24) is 19.7 Å². The third kappa shape index (κ3) is 2.28. The molecule has 1 aromatic heterocycles. The number of hydrogen-bond donors (Lipinski definition) is 0. The minimum absolute atomic E-state index is 0.0846. The van der Waals surface area contributed by atoms with Gasteiger partial charge in [-0.3, -0.25) is 4.79 Å². The van der Waals surface area contributed by atoms with Crippen LogP contribution < -0.4 is 0 Å². The SMILES string of the molecule is O=C(c1nc2n(n1)[C@H](c1ccccc1)C[C@@H]2F)N1CC[C@@H]1C(F)F. The second kappa shape index (κ2) is 5.61. The molecule has 2 aromatic rings. The van der Waals surface area contributed by atoms with Gasteiger partial charge in [0.1, 0.15) is 0 Å². The lowest BCUT2D eigenvalue weighted by molar-refractivity contribution is -0.0225. The lowest BCUT2D eigenvalue weighted by atomic mass is 10.0. The summed E-state index contributed by atoms with van der Waals surface area (Å²) >= 11 is 0. The number of aromatic nitrogens is 3. The van der Waals surface area contributed by atoms with Crippen LogP contribution in [-0.4, -0.2) is 44.6 Å². The maximum atomic E-state index is 14.3. The monoisotopic (exact) mass is 336 g/mol. The minimum Gasteiger partial charge on any atom is -0.327 e. The van der Waals surface area contributed by atoms with Crippen molar-refractivity contribution in [2.75, 3.05) is 6.54 Å². The highest BCUT2D eigenvalue weighted by molar-refractivity contribution is 5.91. The van der Waals surface area contributed by atoms with Crippen molar-refractivity contribution in [3.63, 3.8) is 0 Å². The second-order valence-corrected chi connectivity index (χ2v) is 6.06. The van der Waals surface area contributed by atoms with E-state index in [1.165, 1.54) is 4.68 Å². The molecule has 3 atom stereocenters. The van der Waals surface area contributed by atoms with Crippen LogP contribution in [0.2, 0.25) is 0 Å². The van der Waals surface area contributed by atoms with Crippen LogP contribution in [0.1, 0.15) is 47.1 Å². The Morgan fingerprint density at radius 3 is 2.62 bits per heavy atom. The zero-order chi connectivity index (χ0) is 16.8. The molecular weight excluding hydrogens is 321 g/mol. The van der Waals surface area contributed by atoms with E-state index >= 15 is 0 Å². The number of amides is 1. The van der Waals surface area contributed by atoms with Crippen LogP contribution in [0.3, 0.4) is 0 Å². The largest absolute Gasteiger partial charge is 0.327 e. The Kier molecular flexibility index (Phi) is 3.54. The van der Waals surface area contributed by atoms with Crippen LogP contribution >= 0.6 is 0 Å². The molecule has 4 rings (SSSR count). The summed E-state index contributed by atoms with van der Waals surface area (Å²) in [5.41, 5.74) is 0.872. The first-order valence-electron chi connectivity index (χ1n) is 7.81. The first-order valence-corrected chi connectivity index (χ1v) is 7.81. The van der Waals surface area contributed by atoms with Crippen molar-refractivity contribution in [1.29, 1.82) is 0 Å². The number of nitrogens with zero attached hydrogens (tertiary/aromatic N) is 4. The molecule has 0 saturated carbocycles. The number of hydrogen-bond acceptors (Lipinski definition) is 3. The first-order chi connectivity index (χ1) is 11.6. The fourth-order valence-corrected chi connectivity index (χ4v) is 3.27. The molecule has 0 N–H and O–H groups in total. The fraction of sp³-hybridized carbons (Fsp3) is 0.438. The van der Waals surface area contributed by atoms with Crippen molar-refractivity contribution in [3.8, 4) is 0 Å². The molecule has 1 amide bonds. The molecule has 126 valence electrons. The molecule has 1 fully saturated rings. The van der Waals surface area contributed by atoms with Crippen molar-refractivity contribution < 1.29 is 18.0 Å². The van der Waals surface area contributed by atoms with Gasteiger partial charge in [0.15, 0.2) is 12.0 Å². The van der Waals surface area contributed by atoms with Crippen LogP contribution in [-0.2, 0) is 0 Å². The highest BCUT2D eigenvalue weighted by Crippen LogP contribution is 2.39. The summed E-state index contributed by atoms with van der Waals surface area (Å²) in [4.78, 5) is 17.4. The lowest BCUT2D eigenvalue weighted by Crippen LogP contribution is -2.54. The van der Waals surface area contributed by atoms with E-state index in [1.807, 2.05) is 30.3 Å². The zero-order valence-electron chi connectivity index (χ0n) is 12.6. The van der Waals surface area contributed by atoms with Gasteiger partial charge in [-0.05, 0) is 12.0 Å². The predicted octanol–water partition coefficient (Wildman–Crippen LogP) is 2.76. The maximum Gasteiger partial charge on any atom is 0.293 e. The smallest absolute Gasteiger partial charge is 0.293 e. The van der Waals surface area contributed by atoms with E-state index in [0.717, 1.165) is 10.5 Å². The van der Waals surface area contributed by atoms with Crippen molar-refractivity contribution in [3.05, 3.63) is 47.5 Å². The molecule has 2 aliphatic rings. The normalized spacial score (nSPS) is 25.7. The summed E-state index contributed by atoms with van der Waals surface area (Å²) in [7, 11) is 0.